The number of rotatable bonds is 4. The van der Waals surface area contributed by atoms with Gasteiger partial charge in [0.1, 0.15) is 11.3 Å². The van der Waals surface area contributed by atoms with Crippen molar-refractivity contribution in [2.24, 2.45) is 0 Å². The van der Waals surface area contributed by atoms with Crippen molar-refractivity contribution in [3.63, 3.8) is 0 Å². The van der Waals surface area contributed by atoms with Gasteiger partial charge < -0.3 is 9.47 Å². The van der Waals surface area contributed by atoms with Crippen molar-refractivity contribution in [1.82, 2.24) is 0 Å². The Hall–Kier alpha value is -2.35. The van der Waals surface area contributed by atoms with Crippen LogP contribution in [0.4, 0.5) is 13.2 Å². The summed E-state index contributed by atoms with van der Waals surface area (Å²) in [6.07, 6.45) is -4.26. The van der Waals surface area contributed by atoms with Crippen LogP contribution >= 0.6 is 11.3 Å². The zero-order valence-corrected chi connectivity index (χ0v) is 12.0. The van der Waals surface area contributed by atoms with Gasteiger partial charge in [-0.2, -0.15) is 0 Å². The van der Waals surface area contributed by atoms with Gasteiger partial charge in [-0.15, -0.1) is 24.5 Å². The van der Waals surface area contributed by atoms with E-state index in [1.807, 2.05) is 0 Å². The van der Waals surface area contributed by atoms with E-state index < -0.39 is 18.1 Å². The first-order chi connectivity index (χ1) is 10.3. The summed E-state index contributed by atoms with van der Waals surface area (Å²) in [6.45, 7) is 0. The lowest BCUT2D eigenvalue weighted by Crippen LogP contribution is -2.19. The quantitative estimate of drug-likeness (QED) is 0.630. The van der Waals surface area contributed by atoms with E-state index in [1.165, 1.54) is 12.1 Å². The number of ether oxygens (including phenoxy) is 2. The van der Waals surface area contributed by atoms with Crippen molar-refractivity contribution >= 4 is 23.6 Å². The fourth-order valence-corrected chi connectivity index (χ4v) is 2.56. The second-order valence-corrected chi connectivity index (χ2v) is 5.19. The summed E-state index contributed by atoms with van der Waals surface area (Å²) >= 11 is 1.15. The molecule has 0 saturated heterocycles. The van der Waals surface area contributed by atoms with Crippen LogP contribution < -0.4 is 4.74 Å². The van der Waals surface area contributed by atoms with Crippen molar-refractivity contribution < 1.29 is 32.2 Å². The van der Waals surface area contributed by atoms with Gasteiger partial charge >= 0.3 is 12.3 Å². The van der Waals surface area contributed by atoms with E-state index in [1.54, 1.807) is 12.1 Å². The van der Waals surface area contributed by atoms with Crippen LogP contribution in [0.3, 0.4) is 0 Å². The largest absolute Gasteiger partial charge is 0.573 e. The van der Waals surface area contributed by atoms with Gasteiger partial charge in [0.05, 0.1) is 12.0 Å². The molecule has 2 aromatic rings. The number of halogens is 3. The molecule has 0 N–H and O–H groups in total. The molecule has 0 bridgehead atoms. The third-order valence-electron chi connectivity index (χ3n) is 2.64. The lowest BCUT2D eigenvalue weighted by molar-refractivity contribution is -0.274. The Balaban J connectivity index is 2.46. The first kappa shape index (κ1) is 16.0. The van der Waals surface area contributed by atoms with Gasteiger partial charge in [-0.3, -0.25) is 4.79 Å². The maximum Gasteiger partial charge on any atom is 0.573 e. The molecule has 4 nitrogen and oxygen atoms in total. The highest BCUT2D eigenvalue weighted by molar-refractivity contribution is 7.17. The summed E-state index contributed by atoms with van der Waals surface area (Å²) in [5, 5.41) is 0. The SMILES string of the molecule is COC(=O)c1cc(-c2ccc(C=O)s2)ccc1OC(F)(F)F. The minimum Gasteiger partial charge on any atom is -0.465 e. The standard InChI is InChI=1S/C14H9F3O4S/c1-20-13(19)10-6-8(12-5-3-9(7-18)22-12)2-4-11(10)21-14(15,16)17/h2-7H,1H3. The Kier molecular flexibility index (Phi) is 4.51. The molecule has 0 spiro atoms. The van der Waals surface area contributed by atoms with Crippen LogP contribution in [0.5, 0.6) is 5.75 Å². The fourth-order valence-electron chi connectivity index (χ4n) is 1.74. The van der Waals surface area contributed by atoms with E-state index in [0.717, 1.165) is 24.5 Å². The van der Waals surface area contributed by atoms with Gasteiger partial charge in [0.2, 0.25) is 0 Å². The number of hydrogen-bond acceptors (Lipinski definition) is 5. The number of carbonyl (C=O) groups excluding carboxylic acids is 2. The summed E-state index contributed by atoms with van der Waals surface area (Å²) in [6, 6.07) is 6.84. The van der Waals surface area contributed by atoms with Crippen molar-refractivity contribution in [3.05, 3.63) is 40.8 Å². The number of aldehydes is 1. The van der Waals surface area contributed by atoms with Crippen LogP contribution in [0.25, 0.3) is 10.4 Å². The van der Waals surface area contributed by atoms with Crippen LogP contribution in [-0.4, -0.2) is 25.7 Å². The lowest BCUT2D eigenvalue weighted by atomic mass is 10.1. The number of carbonyl (C=O) groups is 2. The third kappa shape index (κ3) is 3.64. The Bertz CT molecular complexity index is 706. The normalized spacial score (nSPS) is 11.1. The van der Waals surface area contributed by atoms with E-state index in [-0.39, 0.29) is 5.56 Å². The summed E-state index contributed by atoms with van der Waals surface area (Å²) in [7, 11) is 1.06. The predicted octanol–water partition coefficient (Wildman–Crippen LogP) is 3.91. The third-order valence-corrected chi connectivity index (χ3v) is 3.70. The highest BCUT2D eigenvalue weighted by Crippen LogP contribution is 2.33. The van der Waals surface area contributed by atoms with Crippen LogP contribution in [0, 0.1) is 0 Å². The number of hydrogen-bond donors (Lipinski definition) is 0. The molecule has 1 heterocycles. The van der Waals surface area contributed by atoms with E-state index in [9.17, 15) is 22.8 Å². The molecule has 0 aliphatic rings. The van der Waals surface area contributed by atoms with E-state index >= 15 is 0 Å². The molecular weight excluding hydrogens is 321 g/mol. The van der Waals surface area contributed by atoms with Gasteiger partial charge in [-0.05, 0) is 35.9 Å². The molecule has 0 saturated carbocycles. The summed E-state index contributed by atoms with van der Waals surface area (Å²) in [4.78, 5) is 23.4. The van der Waals surface area contributed by atoms with Gasteiger partial charge in [0.15, 0.2) is 6.29 Å². The van der Waals surface area contributed by atoms with Crippen LogP contribution in [0.1, 0.15) is 20.0 Å². The number of methoxy groups -OCH3 is 1. The molecule has 8 heteroatoms. The molecule has 116 valence electrons. The molecule has 0 fully saturated rings. The monoisotopic (exact) mass is 330 g/mol. The second kappa shape index (κ2) is 6.18. The van der Waals surface area contributed by atoms with Crippen LogP contribution in [-0.2, 0) is 4.74 Å². The number of esters is 1. The molecule has 0 aliphatic carbocycles. The lowest BCUT2D eigenvalue weighted by Gasteiger charge is -2.13. The minimum atomic E-state index is -4.92. The van der Waals surface area contributed by atoms with Gasteiger partial charge in [0, 0.05) is 4.88 Å². The molecule has 0 amide bonds. The highest BCUT2D eigenvalue weighted by atomic mass is 32.1. The second-order valence-electron chi connectivity index (χ2n) is 4.07. The van der Waals surface area contributed by atoms with Crippen molar-refractivity contribution in [3.8, 4) is 16.2 Å². The molecule has 0 radical (unpaired) electrons. The first-order valence-corrected chi connectivity index (χ1v) is 6.69. The smallest absolute Gasteiger partial charge is 0.465 e. The van der Waals surface area contributed by atoms with Crippen LogP contribution in [0.15, 0.2) is 30.3 Å². The number of benzene rings is 1. The Labute approximate surface area is 127 Å². The zero-order chi connectivity index (χ0) is 16.3. The summed E-state index contributed by atoms with van der Waals surface area (Å²) < 4.78 is 45.3. The summed E-state index contributed by atoms with van der Waals surface area (Å²) in [5.74, 6) is -1.59. The highest BCUT2D eigenvalue weighted by Gasteiger charge is 2.33. The molecule has 22 heavy (non-hydrogen) atoms. The Morgan fingerprint density at radius 1 is 1.23 bits per heavy atom. The maximum absolute atomic E-state index is 12.4. The molecule has 0 aliphatic heterocycles. The molecule has 0 unspecified atom stereocenters. The Morgan fingerprint density at radius 3 is 2.50 bits per heavy atom. The van der Waals surface area contributed by atoms with Crippen molar-refractivity contribution in [1.29, 1.82) is 0 Å². The molecule has 0 atom stereocenters. The van der Waals surface area contributed by atoms with Gasteiger partial charge in [-0.25, -0.2) is 4.79 Å². The first-order valence-electron chi connectivity index (χ1n) is 5.87. The minimum absolute atomic E-state index is 0.349. The van der Waals surface area contributed by atoms with Gasteiger partial charge in [-0.1, -0.05) is 0 Å². The fraction of sp³-hybridized carbons (Fsp3) is 0.143. The summed E-state index contributed by atoms with van der Waals surface area (Å²) in [5.41, 5.74) is 0.131. The average Bonchev–Trinajstić information content (AvgIpc) is 2.94. The zero-order valence-electron chi connectivity index (χ0n) is 11.1. The molecular formula is C14H9F3O4S. The maximum atomic E-state index is 12.4. The number of alkyl halides is 3. The topological polar surface area (TPSA) is 52.6 Å². The number of thiophene rings is 1. The van der Waals surface area contributed by atoms with E-state index in [0.29, 0.717) is 21.6 Å². The molecule has 1 aromatic carbocycles. The van der Waals surface area contributed by atoms with Crippen molar-refractivity contribution in [2.45, 2.75) is 6.36 Å². The van der Waals surface area contributed by atoms with E-state index in [2.05, 4.69) is 9.47 Å². The average molecular weight is 330 g/mol. The molecule has 1 aromatic heterocycles. The van der Waals surface area contributed by atoms with Crippen LogP contribution in [0.2, 0.25) is 0 Å². The Morgan fingerprint density at radius 2 is 1.95 bits per heavy atom. The molecule has 2 rings (SSSR count). The van der Waals surface area contributed by atoms with Gasteiger partial charge in [0.25, 0.3) is 0 Å². The van der Waals surface area contributed by atoms with Crippen molar-refractivity contribution in [2.75, 3.05) is 7.11 Å². The predicted molar refractivity (Wildman–Crippen MR) is 73.2 cm³/mol. The van der Waals surface area contributed by atoms with E-state index in [4.69, 9.17) is 0 Å².